The number of hydrogen-bond acceptors (Lipinski definition) is 3. The summed E-state index contributed by atoms with van der Waals surface area (Å²) in [6.07, 6.45) is 1.22. The number of amides is 1. The first kappa shape index (κ1) is 13.1. The van der Waals surface area contributed by atoms with Gasteiger partial charge in [-0.1, -0.05) is 0 Å². The van der Waals surface area contributed by atoms with E-state index in [1.165, 1.54) is 0 Å². The second-order valence-corrected chi connectivity index (χ2v) is 5.64. The molecule has 0 atom stereocenters. The van der Waals surface area contributed by atoms with Crippen molar-refractivity contribution in [3.8, 4) is 0 Å². The van der Waals surface area contributed by atoms with Crippen LogP contribution < -0.4 is 5.32 Å². The summed E-state index contributed by atoms with van der Waals surface area (Å²) in [5.74, 6) is 2.02. The summed E-state index contributed by atoms with van der Waals surface area (Å²) in [6, 6.07) is 3.89. The van der Waals surface area contributed by atoms with Crippen molar-refractivity contribution >= 4 is 5.91 Å². The van der Waals surface area contributed by atoms with Gasteiger partial charge in [-0.15, -0.1) is 0 Å². The summed E-state index contributed by atoms with van der Waals surface area (Å²) in [5.41, 5.74) is 0.0230. The van der Waals surface area contributed by atoms with Crippen molar-refractivity contribution in [1.82, 2.24) is 10.2 Å². The van der Waals surface area contributed by atoms with Crippen LogP contribution in [-0.2, 0) is 11.2 Å². The van der Waals surface area contributed by atoms with E-state index < -0.39 is 0 Å². The van der Waals surface area contributed by atoms with Crippen molar-refractivity contribution in [3.05, 3.63) is 23.7 Å². The number of carbonyl (C=O) groups excluding carboxylic acids is 1. The van der Waals surface area contributed by atoms with E-state index in [0.717, 1.165) is 31.2 Å². The molecule has 2 rings (SSSR count). The van der Waals surface area contributed by atoms with Crippen LogP contribution >= 0.6 is 0 Å². The van der Waals surface area contributed by atoms with Gasteiger partial charge in [0.1, 0.15) is 11.5 Å². The Morgan fingerprint density at radius 1 is 1.50 bits per heavy atom. The number of nitrogens with zero attached hydrogens (tertiary/aromatic N) is 1. The van der Waals surface area contributed by atoms with E-state index in [4.69, 9.17) is 4.42 Å². The van der Waals surface area contributed by atoms with Crippen molar-refractivity contribution in [2.75, 3.05) is 19.6 Å². The Hall–Kier alpha value is -1.29. The summed E-state index contributed by atoms with van der Waals surface area (Å²) < 4.78 is 5.48. The van der Waals surface area contributed by atoms with Gasteiger partial charge < -0.3 is 14.6 Å². The zero-order valence-corrected chi connectivity index (χ0v) is 11.5. The van der Waals surface area contributed by atoms with Crippen LogP contribution in [0.5, 0.6) is 0 Å². The molecule has 4 heteroatoms. The predicted molar refractivity (Wildman–Crippen MR) is 70.4 cm³/mol. The molecule has 1 aromatic rings. The summed E-state index contributed by atoms with van der Waals surface area (Å²) in [7, 11) is 0. The number of carbonyl (C=O) groups is 1. The van der Waals surface area contributed by atoms with Gasteiger partial charge in [-0.3, -0.25) is 4.79 Å². The molecule has 0 aromatic carbocycles. The van der Waals surface area contributed by atoms with Crippen LogP contribution in [0, 0.1) is 6.92 Å². The summed E-state index contributed by atoms with van der Waals surface area (Å²) in [6.45, 7) is 8.63. The minimum atomic E-state index is 0.0230. The van der Waals surface area contributed by atoms with Gasteiger partial charge in [0.25, 0.3) is 0 Å². The van der Waals surface area contributed by atoms with Crippen LogP contribution in [0.3, 0.4) is 0 Å². The molecular formula is C14H22N2O2. The number of nitrogens with one attached hydrogen (secondary N) is 1. The van der Waals surface area contributed by atoms with Gasteiger partial charge in [-0.25, -0.2) is 0 Å². The van der Waals surface area contributed by atoms with E-state index in [-0.39, 0.29) is 11.4 Å². The topological polar surface area (TPSA) is 45.5 Å². The smallest absolute Gasteiger partial charge is 0.223 e. The van der Waals surface area contributed by atoms with E-state index in [2.05, 4.69) is 19.2 Å². The normalized spacial score (nSPS) is 18.9. The van der Waals surface area contributed by atoms with Crippen LogP contribution in [0.2, 0.25) is 0 Å². The van der Waals surface area contributed by atoms with Gasteiger partial charge >= 0.3 is 0 Å². The molecule has 1 aromatic heterocycles. The van der Waals surface area contributed by atoms with Crippen LogP contribution in [0.4, 0.5) is 0 Å². The third-order valence-electron chi connectivity index (χ3n) is 3.31. The Morgan fingerprint density at radius 2 is 2.28 bits per heavy atom. The Labute approximate surface area is 108 Å². The third kappa shape index (κ3) is 3.35. The van der Waals surface area contributed by atoms with Crippen molar-refractivity contribution in [2.45, 2.75) is 39.2 Å². The first-order valence-electron chi connectivity index (χ1n) is 6.54. The lowest BCUT2D eigenvalue weighted by atomic mass is 10.0. The van der Waals surface area contributed by atoms with Gasteiger partial charge in [0.15, 0.2) is 0 Å². The molecule has 0 saturated carbocycles. The first-order valence-corrected chi connectivity index (χ1v) is 6.54. The largest absolute Gasteiger partial charge is 0.466 e. The van der Waals surface area contributed by atoms with Gasteiger partial charge in [-0.05, 0) is 32.9 Å². The van der Waals surface area contributed by atoms with Crippen molar-refractivity contribution in [2.24, 2.45) is 0 Å². The minimum Gasteiger partial charge on any atom is -0.466 e. The van der Waals surface area contributed by atoms with Crippen LogP contribution in [-0.4, -0.2) is 36.0 Å². The molecular weight excluding hydrogens is 228 g/mol. The second kappa shape index (κ2) is 5.14. The fourth-order valence-corrected chi connectivity index (χ4v) is 2.36. The molecule has 1 N–H and O–H groups in total. The highest BCUT2D eigenvalue weighted by molar-refractivity contribution is 5.76. The molecule has 0 radical (unpaired) electrons. The Kier molecular flexibility index (Phi) is 3.76. The van der Waals surface area contributed by atoms with E-state index in [1.54, 1.807) is 0 Å². The van der Waals surface area contributed by atoms with Gasteiger partial charge in [0.2, 0.25) is 5.91 Å². The number of hydrogen-bond donors (Lipinski definition) is 1. The first-order chi connectivity index (χ1) is 8.46. The highest BCUT2D eigenvalue weighted by atomic mass is 16.3. The number of aryl methyl sites for hydroxylation is 2. The maximum Gasteiger partial charge on any atom is 0.223 e. The van der Waals surface area contributed by atoms with Crippen molar-refractivity contribution < 1.29 is 9.21 Å². The maximum absolute atomic E-state index is 12.1. The fraction of sp³-hybridized carbons (Fsp3) is 0.643. The molecule has 1 amide bonds. The predicted octanol–water partition coefficient (Wildman–Crippen LogP) is 1.73. The molecule has 2 heterocycles. The fourth-order valence-electron chi connectivity index (χ4n) is 2.36. The lowest BCUT2D eigenvalue weighted by Crippen LogP contribution is -2.58. The molecule has 18 heavy (non-hydrogen) atoms. The second-order valence-electron chi connectivity index (χ2n) is 5.64. The maximum atomic E-state index is 12.1. The summed E-state index contributed by atoms with van der Waals surface area (Å²) in [5, 5.41) is 3.41. The summed E-state index contributed by atoms with van der Waals surface area (Å²) in [4.78, 5) is 14.1. The zero-order valence-electron chi connectivity index (χ0n) is 11.5. The molecule has 0 spiro atoms. The van der Waals surface area contributed by atoms with E-state index in [0.29, 0.717) is 12.8 Å². The highest BCUT2D eigenvalue weighted by Gasteiger charge is 2.28. The lowest BCUT2D eigenvalue weighted by molar-refractivity contribution is -0.133. The molecule has 100 valence electrons. The molecule has 0 aliphatic carbocycles. The Balaban J connectivity index is 1.84. The quantitative estimate of drug-likeness (QED) is 0.888. The SMILES string of the molecule is Cc1ccc(CCC(=O)N2CCNC(C)(C)C2)o1. The van der Waals surface area contributed by atoms with E-state index in [9.17, 15) is 4.79 Å². The molecule has 0 unspecified atom stereocenters. The number of piperazine rings is 1. The highest BCUT2D eigenvalue weighted by Crippen LogP contribution is 2.13. The molecule has 1 aliphatic rings. The molecule has 4 nitrogen and oxygen atoms in total. The van der Waals surface area contributed by atoms with E-state index >= 15 is 0 Å². The minimum absolute atomic E-state index is 0.0230. The average molecular weight is 250 g/mol. The van der Waals surface area contributed by atoms with Crippen LogP contribution in [0.15, 0.2) is 16.5 Å². The number of rotatable bonds is 3. The van der Waals surface area contributed by atoms with Crippen molar-refractivity contribution in [3.63, 3.8) is 0 Å². The number of furan rings is 1. The molecule has 1 fully saturated rings. The Bertz CT molecular complexity index is 423. The van der Waals surface area contributed by atoms with Crippen LogP contribution in [0.1, 0.15) is 31.8 Å². The van der Waals surface area contributed by atoms with Gasteiger partial charge in [0, 0.05) is 38.0 Å². The van der Waals surface area contributed by atoms with Crippen molar-refractivity contribution in [1.29, 1.82) is 0 Å². The van der Waals surface area contributed by atoms with Crippen LogP contribution in [0.25, 0.3) is 0 Å². The zero-order chi connectivity index (χ0) is 13.2. The molecule has 1 aliphatic heterocycles. The lowest BCUT2D eigenvalue weighted by Gasteiger charge is -2.39. The molecule has 0 bridgehead atoms. The third-order valence-corrected chi connectivity index (χ3v) is 3.31. The van der Waals surface area contributed by atoms with Gasteiger partial charge in [-0.2, -0.15) is 0 Å². The van der Waals surface area contributed by atoms with Gasteiger partial charge in [0.05, 0.1) is 0 Å². The monoisotopic (exact) mass is 250 g/mol. The average Bonchev–Trinajstić information content (AvgIpc) is 2.70. The standard InChI is InChI=1S/C14H22N2O2/c1-11-4-5-12(18-11)6-7-13(17)16-9-8-15-14(2,3)10-16/h4-5,15H,6-10H2,1-3H3. The van der Waals surface area contributed by atoms with E-state index in [1.807, 2.05) is 24.0 Å². The summed E-state index contributed by atoms with van der Waals surface area (Å²) >= 11 is 0. The Morgan fingerprint density at radius 3 is 2.89 bits per heavy atom. The molecule has 1 saturated heterocycles.